The Morgan fingerprint density at radius 3 is 2.17 bits per heavy atom. The molecule has 4 nitrogen and oxygen atoms in total. The van der Waals surface area contributed by atoms with Crippen LogP contribution in [0.3, 0.4) is 0 Å². The van der Waals surface area contributed by atoms with E-state index >= 15 is 0 Å². The molecule has 18 heavy (non-hydrogen) atoms. The van der Waals surface area contributed by atoms with Crippen LogP contribution in [0.2, 0.25) is 0 Å². The summed E-state index contributed by atoms with van der Waals surface area (Å²) >= 11 is 0. The molecule has 0 N–H and O–H groups in total. The van der Waals surface area contributed by atoms with Crippen LogP contribution in [0, 0.1) is 34.5 Å². The van der Waals surface area contributed by atoms with Crippen LogP contribution >= 0.6 is 0 Å². The van der Waals surface area contributed by atoms with Gasteiger partial charge in [-0.05, 0) is 30.4 Å². The van der Waals surface area contributed by atoms with Gasteiger partial charge in [-0.2, -0.15) is 10.5 Å². The van der Waals surface area contributed by atoms with Crippen molar-refractivity contribution >= 4 is 12.0 Å². The first kappa shape index (κ1) is 10.8. The maximum Gasteiger partial charge on any atom is 0.150 e. The lowest BCUT2D eigenvalue weighted by Crippen LogP contribution is -2.24. The molecule has 0 radical (unpaired) electrons. The summed E-state index contributed by atoms with van der Waals surface area (Å²) < 4.78 is 0. The number of carbonyl (C=O) groups excluding carboxylic acids is 1. The van der Waals surface area contributed by atoms with Gasteiger partial charge in [0.05, 0.1) is 16.8 Å². The monoisotopic (exact) mass is 237 g/mol. The second-order valence-electron chi connectivity index (χ2n) is 4.97. The van der Waals surface area contributed by atoms with Gasteiger partial charge in [-0.3, -0.25) is 4.79 Å². The summed E-state index contributed by atoms with van der Waals surface area (Å²) in [6.07, 6.45) is 1.94. The first-order chi connectivity index (χ1) is 8.76. The number of rotatable bonds is 2. The standard InChI is InChI=1S/C14H11N3O/c15-4-10-1-9(8-18)2-11(5-16)14(10)17-6-12-3-13(12)7-17/h1-2,8,12-13H,3,6-7H2. The lowest BCUT2D eigenvalue weighted by molar-refractivity contribution is 0.112. The van der Waals surface area contributed by atoms with Crippen molar-refractivity contribution in [3.63, 3.8) is 0 Å². The Hall–Kier alpha value is -2.33. The number of hydrogen-bond donors (Lipinski definition) is 0. The molecule has 1 saturated carbocycles. The van der Waals surface area contributed by atoms with Crippen molar-refractivity contribution in [3.05, 3.63) is 28.8 Å². The zero-order chi connectivity index (χ0) is 12.7. The predicted molar refractivity (Wildman–Crippen MR) is 65.1 cm³/mol. The van der Waals surface area contributed by atoms with E-state index < -0.39 is 0 Å². The van der Waals surface area contributed by atoms with Gasteiger partial charge < -0.3 is 4.90 Å². The highest BCUT2D eigenvalue weighted by Crippen LogP contribution is 2.47. The van der Waals surface area contributed by atoms with Crippen molar-refractivity contribution in [1.29, 1.82) is 10.5 Å². The molecule has 0 spiro atoms. The Bertz CT molecular complexity index is 563. The van der Waals surface area contributed by atoms with Gasteiger partial charge in [0.25, 0.3) is 0 Å². The third kappa shape index (κ3) is 1.55. The number of nitriles is 2. The molecule has 2 aliphatic rings. The number of nitrogens with zero attached hydrogens (tertiary/aromatic N) is 3. The van der Waals surface area contributed by atoms with E-state index in [9.17, 15) is 15.3 Å². The molecule has 0 aromatic heterocycles. The van der Waals surface area contributed by atoms with E-state index in [4.69, 9.17) is 0 Å². The molecule has 1 aliphatic heterocycles. The fourth-order valence-corrected chi connectivity index (χ4v) is 2.82. The van der Waals surface area contributed by atoms with Crippen molar-refractivity contribution in [1.82, 2.24) is 0 Å². The second-order valence-corrected chi connectivity index (χ2v) is 4.97. The Morgan fingerprint density at radius 2 is 1.72 bits per heavy atom. The first-order valence-corrected chi connectivity index (χ1v) is 5.95. The van der Waals surface area contributed by atoms with Crippen molar-refractivity contribution in [2.24, 2.45) is 11.8 Å². The molecule has 3 rings (SSSR count). The molecule has 4 heteroatoms. The highest BCUT2D eigenvalue weighted by Gasteiger charge is 2.45. The third-order valence-corrected chi connectivity index (χ3v) is 3.80. The average molecular weight is 237 g/mol. The van der Waals surface area contributed by atoms with Gasteiger partial charge in [0.15, 0.2) is 0 Å². The SMILES string of the molecule is N#Cc1cc(C=O)cc(C#N)c1N1CC2CC2C1. The summed E-state index contributed by atoms with van der Waals surface area (Å²) in [4.78, 5) is 12.9. The second kappa shape index (κ2) is 3.85. The molecule has 1 aromatic carbocycles. The minimum atomic E-state index is 0.385. The minimum Gasteiger partial charge on any atom is -0.369 e. The van der Waals surface area contributed by atoms with E-state index in [-0.39, 0.29) is 0 Å². The first-order valence-electron chi connectivity index (χ1n) is 5.95. The topological polar surface area (TPSA) is 67.9 Å². The van der Waals surface area contributed by atoms with Crippen molar-refractivity contribution in [2.75, 3.05) is 18.0 Å². The number of piperidine rings is 1. The van der Waals surface area contributed by atoms with E-state index in [0.717, 1.165) is 24.9 Å². The number of aldehydes is 1. The Labute approximate surface area is 105 Å². The molecule has 1 saturated heterocycles. The Morgan fingerprint density at radius 1 is 1.17 bits per heavy atom. The molecule has 2 unspecified atom stereocenters. The van der Waals surface area contributed by atoms with Gasteiger partial charge in [0.2, 0.25) is 0 Å². The summed E-state index contributed by atoms with van der Waals surface area (Å²) in [7, 11) is 0. The third-order valence-electron chi connectivity index (χ3n) is 3.80. The van der Waals surface area contributed by atoms with Gasteiger partial charge in [-0.15, -0.1) is 0 Å². The summed E-state index contributed by atoms with van der Waals surface area (Å²) in [5, 5.41) is 18.4. The minimum absolute atomic E-state index is 0.385. The molecule has 88 valence electrons. The van der Waals surface area contributed by atoms with Crippen LogP contribution in [-0.2, 0) is 0 Å². The van der Waals surface area contributed by atoms with E-state index in [1.807, 2.05) is 0 Å². The lowest BCUT2D eigenvalue weighted by Gasteiger charge is -2.22. The normalized spacial score (nSPS) is 24.0. The highest BCUT2D eigenvalue weighted by molar-refractivity contribution is 5.81. The van der Waals surface area contributed by atoms with Gasteiger partial charge in [-0.25, -0.2) is 0 Å². The number of benzene rings is 1. The quantitative estimate of drug-likeness (QED) is 0.734. The molecule has 1 aliphatic carbocycles. The van der Waals surface area contributed by atoms with Crippen LogP contribution in [0.15, 0.2) is 12.1 Å². The van der Waals surface area contributed by atoms with Crippen molar-refractivity contribution in [3.8, 4) is 12.1 Å². The van der Waals surface area contributed by atoms with Crippen LogP contribution in [0.4, 0.5) is 5.69 Å². The van der Waals surface area contributed by atoms with Crippen LogP contribution in [0.1, 0.15) is 27.9 Å². The van der Waals surface area contributed by atoms with Gasteiger partial charge in [-0.1, -0.05) is 0 Å². The van der Waals surface area contributed by atoms with Crippen molar-refractivity contribution < 1.29 is 4.79 Å². The zero-order valence-corrected chi connectivity index (χ0v) is 9.76. The molecule has 1 heterocycles. The molecule has 0 amide bonds. The summed E-state index contributed by atoms with van der Waals surface area (Å²) in [5.74, 6) is 1.46. The van der Waals surface area contributed by atoms with Gasteiger partial charge in [0.1, 0.15) is 18.4 Å². The average Bonchev–Trinajstić information content (AvgIpc) is 3.03. The number of fused-ring (bicyclic) bond motifs is 1. The number of anilines is 1. The van der Waals surface area contributed by atoms with E-state index in [1.54, 1.807) is 12.1 Å². The summed E-state index contributed by atoms with van der Waals surface area (Å²) in [5.41, 5.74) is 1.95. The molecule has 2 atom stereocenters. The zero-order valence-electron chi connectivity index (χ0n) is 9.76. The molecular weight excluding hydrogens is 226 g/mol. The van der Waals surface area contributed by atoms with E-state index in [0.29, 0.717) is 28.7 Å². The summed E-state index contributed by atoms with van der Waals surface area (Å²) in [6.45, 7) is 1.85. The van der Waals surface area contributed by atoms with Crippen LogP contribution < -0.4 is 4.90 Å². The summed E-state index contributed by atoms with van der Waals surface area (Å²) in [6, 6.07) is 7.33. The maximum atomic E-state index is 10.8. The number of hydrogen-bond acceptors (Lipinski definition) is 4. The lowest BCUT2D eigenvalue weighted by atomic mass is 10.0. The number of carbonyl (C=O) groups is 1. The van der Waals surface area contributed by atoms with Gasteiger partial charge in [0, 0.05) is 18.7 Å². The highest BCUT2D eigenvalue weighted by atomic mass is 16.1. The Kier molecular flexibility index (Phi) is 2.31. The Balaban J connectivity index is 2.09. The van der Waals surface area contributed by atoms with Crippen LogP contribution in [0.25, 0.3) is 0 Å². The largest absolute Gasteiger partial charge is 0.369 e. The fourth-order valence-electron chi connectivity index (χ4n) is 2.82. The molecular formula is C14H11N3O. The molecule has 1 aromatic rings. The van der Waals surface area contributed by atoms with Crippen molar-refractivity contribution in [2.45, 2.75) is 6.42 Å². The van der Waals surface area contributed by atoms with Crippen LogP contribution in [0.5, 0.6) is 0 Å². The maximum absolute atomic E-state index is 10.8. The molecule has 2 fully saturated rings. The smallest absolute Gasteiger partial charge is 0.150 e. The predicted octanol–water partition coefficient (Wildman–Crippen LogP) is 1.70. The van der Waals surface area contributed by atoms with E-state index in [2.05, 4.69) is 17.0 Å². The molecule has 0 bridgehead atoms. The van der Waals surface area contributed by atoms with Crippen LogP contribution in [-0.4, -0.2) is 19.4 Å². The van der Waals surface area contributed by atoms with E-state index in [1.165, 1.54) is 6.42 Å². The fraction of sp³-hybridized carbons (Fsp3) is 0.357. The van der Waals surface area contributed by atoms with Gasteiger partial charge >= 0.3 is 0 Å².